The number of hydrogen-bond acceptors (Lipinski definition) is 3. The number of alkyl halides is 6. The predicted molar refractivity (Wildman–Crippen MR) is 68.8 cm³/mol. The normalized spacial score (nSPS) is 13.6. The van der Waals surface area contributed by atoms with E-state index in [0.29, 0.717) is 6.07 Å². The molecule has 0 aliphatic carbocycles. The van der Waals surface area contributed by atoms with Gasteiger partial charge in [0, 0.05) is 27.7 Å². The third-order valence-corrected chi connectivity index (χ3v) is 3.32. The van der Waals surface area contributed by atoms with Gasteiger partial charge >= 0.3 is 12.4 Å². The van der Waals surface area contributed by atoms with Crippen LogP contribution in [0.3, 0.4) is 0 Å². The van der Waals surface area contributed by atoms with Crippen LogP contribution in [0.4, 0.5) is 37.7 Å². The smallest absolute Gasteiger partial charge is 0.398 e. The Labute approximate surface area is 120 Å². The largest absolute Gasteiger partial charge is 0.430 e. The van der Waals surface area contributed by atoms with E-state index in [4.69, 9.17) is 11.5 Å². The van der Waals surface area contributed by atoms with Gasteiger partial charge in [0.1, 0.15) is 0 Å². The molecule has 5 N–H and O–H groups in total. The maximum Gasteiger partial charge on any atom is 0.430 e. The minimum absolute atomic E-state index is 0.0576. The van der Waals surface area contributed by atoms with Crippen molar-refractivity contribution in [2.75, 3.05) is 11.5 Å². The number of nitrogen functional groups attached to an aromatic ring is 2. The monoisotopic (exact) mass is 324 g/mol. The van der Waals surface area contributed by atoms with Crippen molar-refractivity contribution < 1.29 is 31.4 Å². The standard InChI is InChI=1S/C13H10F6N2O/c14-12(15,16)11(22,13(17,18)19)7-4-5-8(20)6-2-1-3-9(21)10(6)7/h1-5,22H,20-21H2. The summed E-state index contributed by atoms with van der Waals surface area (Å²) in [7, 11) is 0. The topological polar surface area (TPSA) is 72.3 Å². The Balaban J connectivity index is 2.97. The van der Waals surface area contributed by atoms with Gasteiger partial charge in [-0.1, -0.05) is 18.2 Å². The van der Waals surface area contributed by atoms with Crippen LogP contribution in [0.1, 0.15) is 5.56 Å². The second-order valence-electron chi connectivity index (χ2n) is 4.68. The van der Waals surface area contributed by atoms with Crippen LogP contribution in [-0.4, -0.2) is 17.5 Å². The average Bonchev–Trinajstić information content (AvgIpc) is 2.36. The van der Waals surface area contributed by atoms with Crippen molar-refractivity contribution in [1.82, 2.24) is 0 Å². The first-order valence-corrected chi connectivity index (χ1v) is 5.84. The van der Waals surface area contributed by atoms with Gasteiger partial charge in [-0.2, -0.15) is 26.3 Å². The number of nitrogens with two attached hydrogens (primary N) is 2. The summed E-state index contributed by atoms with van der Waals surface area (Å²) in [6.07, 6.45) is -12.0. The van der Waals surface area contributed by atoms with Gasteiger partial charge in [0.15, 0.2) is 0 Å². The second kappa shape index (κ2) is 4.67. The van der Waals surface area contributed by atoms with Crippen molar-refractivity contribution in [3.05, 3.63) is 35.9 Å². The van der Waals surface area contributed by atoms with Crippen molar-refractivity contribution in [1.29, 1.82) is 0 Å². The van der Waals surface area contributed by atoms with Crippen LogP contribution in [0.25, 0.3) is 10.8 Å². The lowest BCUT2D eigenvalue weighted by atomic mass is 9.87. The van der Waals surface area contributed by atoms with Crippen LogP contribution in [0.15, 0.2) is 30.3 Å². The zero-order valence-electron chi connectivity index (χ0n) is 10.8. The van der Waals surface area contributed by atoms with Gasteiger partial charge in [-0.15, -0.1) is 0 Å². The summed E-state index contributed by atoms with van der Waals surface area (Å²) in [6, 6.07) is 5.02. The fourth-order valence-electron chi connectivity index (χ4n) is 2.23. The summed E-state index contributed by atoms with van der Waals surface area (Å²) in [4.78, 5) is 0. The van der Waals surface area contributed by atoms with E-state index in [9.17, 15) is 31.4 Å². The molecule has 0 amide bonds. The maximum atomic E-state index is 13.0. The van der Waals surface area contributed by atoms with Crippen molar-refractivity contribution >= 4 is 22.1 Å². The molecule has 0 aliphatic rings. The Bertz CT molecular complexity index is 709. The molecule has 0 fully saturated rings. The van der Waals surface area contributed by atoms with Gasteiger partial charge in [0.2, 0.25) is 0 Å². The fourth-order valence-corrected chi connectivity index (χ4v) is 2.23. The van der Waals surface area contributed by atoms with Gasteiger partial charge in [-0.3, -0.25) is 0 Å². The molecule has 120 valence electrons. The van der Waals surface area contributed by atoms with E-state index in [1.165, 1.54) is 12.1 Å². The molecule has 0 saturated carbocycles. The minimum atomic E-state index is -5.99. The molecule has 22 heavy (non-hydrogen) atoms. The van der Waals surface area contributed by atoms with E-state index in [-0.39, 0.29) is 16.8 Å². The SMILES string of the molecule is Nc1ccc(C(O)(C(F)(F)F)C(F)(F)F)c2c(N)cccc12. The molecule has 0 radical (unpaired) electrons. The molecule has 0 saturated heterocycles. The average molecular weight is 324 g/mol. The van der Waals surface area contributed by atoms with E-state index >= 15 is 0 Å². The molecule has 2 rings (SSSR count). The van der Waals surface area contributed by atoms with Gasteiger partial charge in [0.05, 0.1) is 0 Å². The van der Waals surface area contributed by atoms with Crippen LogP contribution in [0.5, 0.6) is 0 Å². The molecular formula is C13H10F6N2O. The van der Waals surface area contributed by atoms with Crippen LogP contribution >= 0.6 is 0 Å². The molecule has 0 aliphatic heterocycles. The molecule has 0 spiro atoms. The quantitative estimate of drug-likeness (QED) is 0.557. The summed E-state index contributed by atoms with van der Waals surface area (Å²) in [5.41, 5.74) is 4.19. The highest BCUT2D eigenvalue weighted by molar-refractivity contribution is 6.02. The molecule has 0 atom stereocenters. The highest BCUT2D eigenvalue weighted by atomic mass is 19.4. The Morgan fingerprint density at radius 1 is 0.773 bits per heavy atom. The van der Waals surface area contributed by atoms with Gasteiger partial charge in [0.25, 0.3) is 5.60 Å². The summed E-state index contributed by atoms with van der Waals surface area (Å²) >= 11 is 0. The van der Waals surface area contributed by atoms with Gasteiger partial charge in [-0.05, 0) is 12.1 Å². The molecule has 9 heteroatoms. The summed E-state index contributed by atoms with van der Waals surface area (Å²) in [5, 5.41) is 8.83. The first-order chi connectivity index (χ1) is 9.91. The van der Waals surface area contributed by atoms with E-state index in [2.05, 4.69) is 0 Å². The molecule has 3 nitrogen and oxygen atoms in total. The van der Waals surface area contributed by atoms with Crippen LogP contribution < -0.4 is 11.5 Å². The third kappa shape index (κ3) is 2.12. The lowest BCUT2D eigenvalue weighted by Crippen LogP contribution is -2.54. The lowest BCUT2D eigenvalue weighted by Gasteiger charge is -2.33. The lowest BCUT2D eigenvalue weighted by molar-refractivity contribution is -0.375. The highest BCUT2D eigenvalue weighted by Gasteiger charge is 2.71. The van der Waals surface area contributed by atoms with Crippen molar-refractivity contribution in [2.24, 2.45) is 0 Å². The predicted octanol–water partition coefficient (Wildman–Crippen LogP) is 3.32. The second-order valence-corrected chi connectivity index (χ2v) is 4.68. The van der Waals surface area contributed by atoms with Crippen molar-refractivity contribution in [3.63, 3.8) is 0 Å². The number of anilines is 2. The molecule has 2 aromatic carbocycles. The molecule has 0 bridgehead atoms. The third-order valence-electron chi connectivity index (χ3n) is 3.32. The van der Waals surface area contributed by atoms with Gasteiger partial charge in [-0.25, -0.2) is 0 Å². The summed E-state index contributed by atoms with van der Waals surface area (Å²) < 4.78 is 78.0. The maximum absolute atomic E-state index is 13.0. The molecule has 2 aromatic rings. The number of rotatable bonds is 1. The first kappa shape index (κ1) is 16.2. The van der Waals surface area contributed by atoms with E-state index in [1.54, 1.807) is 0 Å². The molecule has 0 heterocycles. The highest BCUT2D eigenvalue weighted by Crippen LogP contribution is 2.52. The van der Waals surface area contributed by atoms with E-state index in [0.717, 1.165) is 12.1 Å². The first-order valence-electron chi connectivity index (χ1n) is 5.84. The van der Waals surface area contributed by atoms with Crippen molar-refractivity contribution in [2.45, 2.75) is 18.0 Å². The number of fused-ring (bicyclic) bond motifs is 1. The van der Waals surface area contributed by atoms with Crippen molar-refractivity contribution in [3.8, 4) is 0 Å². The number of aliphatic hydroxyl groups is 1. The molecular weight excluding hydrogens is 314 g/mol. The zero-order chi connectivity index (χ0) is 16.9. The molecule has 0 unspecified atom stereocenters. The summed E-state index contributed by atoms with van der Waals surface area (Å²) in [5.74, 6) is 0. The zero-order valence-corrected chi connectivity index (χ0v) is 10.8. The van der Waals surface area contributed by atoms with Gasteiger partial charge < -0.3 is 16.6 Å². The molecule has 0 aromatic heterocycles. The fraction of sp³-hybridized carbons (Fsp3) is 0.231. The van der Waals surface area contributed by atoms with Crippen LogP contribution in [-0.2, 0) is 5.60 Å². The Morgan fingerprint density at radius 3 is 1.82 bits per heavy atom. The Hall–Kier alpha value is -2.16. The van der Waals surface area contributed by atoms with E-state index < -0.39 is 28.9 Å². The van der Waals surface area contributed by atoms with Crippen LogP contribution in [0, 0.1) is 0 Å². The van der Waals surface area contributed by atoms with E-state index in [1.807, 2.05) is 0 Å². The number of benzene rings is 2. The minimum Gasteiger partial charge on any atom is -0.398 e. The summed E-state index contributed by atoms with van der Waals surface area (Å²) in [6.45, 7) is 0. The number of halogens is 6. The Morgan fingerprint density at radius 2 is 1.32 bits per heavy atom. The van der Waals surface area contributed by atoms with Crippen LogP contribution in [0.2, 0.25) is 0 Å². The number of hydrogen-bond donors (Lipinski definition) is 3. The Kier molecular flexibility index (Phi) is 3.44.